The Kier molecular flexibility index (Phi) is 8.94. The minimum absolute atomic E-state index is 0.0881. The van der Waals surface area contributed by atoms with E-state index in [1.165, 1.54) is 49.5 Å². The molecule has 0 aliphatic carbocycles. The Balaban J connectivity index is 1.86. The smallest absolute Gasteiger partial charge is 0.243 e. The summed E-state index contributed by atoms with van der Waals surface area (Å²) in [6.45, 7) is 7.50. The highest BCUT2D eigenvalue weighted by Crippen LogP contribution is 2.19. The molecule has 0 bridgehead atoms. The van der Waals surface area contributed by atoms with Crippen LogP contribution in [0.2, 0.25) is 0 Å². The number of imidazole rings is 1. The van der Waals surface area contributed by atoms with Gasteiger partial charge in [-0.2, -0.15) is 0 Å². The van der Waals surface area contributed by atoms with Crippen molar-refractivity contribution >= 4 is 16.9 Å². The maximum absolute atomic E-state index is 11.1. The first-order valence-electron chi connectivity index (χ1n) is 10.1. The summed E-state index contributed by atoms with van der Waals surface area (Å²) in [7, 11) is 0. The highest BCUT2D eigenvalue weighted by Gasteiger charge is 2.09. The lowest BCUT2D eigenvalue weighted by molar-refractivity contribution is -0.116. The van der Waals surface area contributed by atoms with Gasteiger partial charge in [-0.25, -0.2) is 4.98 Å². The maximum Gasteiger partial charge on any atom is 0.243 e. The van der Waals surface area contributed by atoms with Gasteiger partial charge in [0.05, 0.1) is 11.0 Å². The first kappa shape index (κ1) is 20.2. The summed E-state index contributed by atoms with van der Waals surface area (Å²) in [5.74, 6) is 1.12. The number of unbranched alkanes of at least 4 members (excludes halogenated alkanes) is 6. The van der Waals surface area contributed by atoms with Crippen molar-refractivity contribution in [1.29, 1.82) is 0 Å². The van der Waals surface area contributed by atoms with Gasteiger partial charge >= 0.3 is 0 Å². The van der Waals surface area contributed by atoms with Gasteiger partial charge in [-0.05, 0) is 37.5 Å². The molecule has 0 atom stereocenters. The molecule has 1 aromatic heterocycles. The highest BCUT2D eigenvalue weighted by atomic mass is 16.1. The zero-order chi connectivity index (χ0) is 18.6. The summed E-state index contributed by atoms with van der Waals surface area (Å²) in [6, 6.07) is 8.45. The largest absolute Gasteiger partial charge is 0.353 e. The van der Waals surface area contributed by atoms with Crippen molar-refractivity contribution in [3.05, 3.63) is 42.7 Å². The van der Waals surface area contributed by atoms with Crippen LogP contribution in [0.15, 0.2) is 36.9 Å². The molecule has 1 N–H and O–H groups in total. The van der Waals surface area contributed by atoms with E-state index in [2.05, 4.69) is 47.7 Å². The van der Waals surface area contributed by atoms with E-state index in [0.29, 0.717) is 0 Å². The molecule has 0 radical (unpaired) electrons. The summed E-state index contributed by atoms with van der Waals surface area (Å²) < 4.78 is 2.42. The average Bonchev–Trinajstić information content (AvgIpc) is 3.01. The van der Waals surface area contributed by atoms with Crippen molar-refractivity contribution in [3.63, 3.8) is 0 Å². The summed E-state index contributed by atoms with van der Waals surface area (Å²) in [4.78, 5) is 16.0. The molecule has 1 amide bonds. The first-order valence-corrected chi connectivity index (χ1v) is 10.1. The molecule has 4 heteroatoms. The fraction of sp³-hybridized carbons (Fsp3) is 0.545. The molecule has 2 rings (SSSR count). The van der Waals surface area contributed by atoms with Crippen molar-refractivity contribution in [2.24, 2.45) is 0 Å². The fourth-order valence-corrected chi connectivity index (χ4v) is 3.31. The molecular formula is C22H33N3O. The monoisotopic (exact) mass is 355 g/mol. The van der Waals surface area contributed by atoms with E-state index in [9.17, 15) is 4.79 Å². The number of para-hydroxylation sites is 2. The second kappa shape index (κ2) is 11.5. The van der Waals surface area contributed by atoms with Crippen molar-refractivity contribution < 1.29 is 4.79 Å². The molecule has 0 spiro atoms. The molecule has 0 saturated heterocycles. The molecule has 0 fully saturated rings. The number of nitrogens with one attached hydrogen (secondary N) is 1. The number of carbonyl (C=O) groups is 1. The lowest BCUT2D eigenvalue weighted by Gasteiger charge is -2.09. The van der Waals surface area contributed by atoms with E-state index in [-0.39, 0.29) is 5.91 Å². The van der Waals surface area contributed by atoms with E-state index >= 15 is 0 Å². The van der Waals surface area contributed by atoms with Gasteiger partial charge in [0.2, 0.25) is 5.91 Å². The SMILES string of the molecule is C=CC(=O)NCCCCCc1nc2ccccc2n1CCCCCCC. The van der Waals surface area contributed by atoms with Crippen LogP contribution >= 0.6 is 0 Å². The summed E-state index contributed by atoms with van der Waals surface area (Å²) in [5, 5.41) is 2.83. The van der Waals surface area contributed by atoms with E-state index < -0.39 is 0 Å². The Morgan fingerprint density at radius 1 is 1.12 bits per heavy atom. The van der Waals surface area contributed by atoms with Gasteiger partial charge in [-0.1, -0.05) is 57.7 Å². The summed E-state index contributed by atoms with van der Waals surface area (Å²) >= 11 is 0. The Labute approximate surface area is 157 Å². The average molecular weight is 356 g/mol. The summed E-state index contributed by atoms with van der Waals surface area (Å²) in [6.07, 6.45) is 12.0. The molecule has 1 aromatic carbocycles. The zero-order valence-electron chi connectivity index (χ0n) is 16.2. The van der Waals surface area contributed by atoms with E-state index in [1.807, 2.05) is 0 Å². The van der Waals surface area contributed by atoms with Crippen LogP contribution in [0.25, 0.3) is 11.0 Å². The number of nitrogens with zero attached hydrogens (tertiary/aromatic N) is 2. The minimum Gasteiger partial charge on any atom is -0.353 e. The standard InChI is InChI=1S/C22H33N3O/c1-3-5-6-7-13-18-25-20-15-11-10-14-19(20)24-21(25)16-9-8-12-17-23-22(26)4-2/h4,10-11,14-15H,2-3,5-9,12-13,16-18H2,1H3,(H,23,26). The second-order valence-electron chi connectivity index (χ2n) is 6.89. The van der Waals surface area contributed by atoms with Crippen LogP contribution in [0.3, 0.4) is 0 Å². The van der Waals surface area contributed by atoms with E-state index in [4.69, 9.17) is 4.98 Å². The van der Waals surface area contributed by atoms with Gasteiger partial charge in [0.1, 0.15) is 5.82 Å². The predicted octanol–water partition coefficient (Wildman–Crippen LogP) is 5.02. The Morgan fingerprint density at radius 2 is 1.88 bits per heavy atom. The third kappa shape index (κ3) is 6.32. The molecule has 0 unspecified atom stereocenters. The molecule has 142 valence electrons. The number of fused-ring (bicyclic) bond motifs is 1. The van der Waals surface area contributed by atoms with Crippen LogP contribution in [-0.4, -0.2) is 22.0 Å². The highest BCUT2D eigenvalue weighted by molar-refractivity contribution is 5.86. The Hall–Kier alpha value is -2.10. The molecule has 1 heterocycles. The number of rotatable bonds is 13. The molecule has 2 aromatic rings. The van der Waals surface area contributed by atoms with Crippen molar-refractivity contribution in [2.75, 3.05) is 6.54 Å². The normalized spacial score (nSPS) is 11.0. The van der Waals surface area contributed by atoms with Crippen LogP contribution in [0.5, 0.6) is 0 Å². The van der Waals surface area contributed by atoms with Gasteiger partial charge in [-0.15, -0.1) is 0 Å². The van der Waals surface area contributed by atoms with Gasteiger partial charge in [-0.3, -0.25) is 4.79 Å². The molecule has 4 nitrogen and oxygen atoms in total. The van der Waals surface area contributed by atoms with E-state index in [0.717, 1.165) is 44.3 Å². The quantitative estimate of drug-likeness (QED) is 0.405. The number of aryl methyl sites for hydroxylation is 2. The minimum atomic E-state index is -0.0881. The van der Waals surface area contributed by atoms with Crippen LogP contribution in [0.4, 0.5) is 0 Å². The molecule has 0 saturated carbocycles. The number of hydrogen-bond acceptors (Lipinski definition) is 2. The zero-order valence-corrected chi connectivity index (χ0v) is 16.2. The second-order valence-corrected chi connectivity index (χ2v) is 6.89. The number of aromatic nitrogens is 2. The van der Waals surface area contributed by atoms with Crippen LogP contribution in [0.1, 0.15) is 64.1 Å². The lowest BCUT2D eigenvalue weighted by atomic mass is 10.1. The van der Waals surface area contributed by atoms with Gasteiger partial charge in [0.25, 0.3) is 0 Å². The lowest BCUT2D eigenvalue weighted by Crippen LogP contribution is -2.21. The van der Waals surface area contributed by atoms with Gasteiger partial charge < -0.3 is 9.88 Å². The fourth-order valence-electron chi connectivity index (χ4n) is 3.31. The molecular weight excluding hydrogens is 322 g/mol. The first-order chi connectivity index (χ1) is 12.8. The molecule has 0 aliphatic rings. The van der Waals surface area contributed by atoms with Crippen LogP contribution in [0, 0.1) is 0 Å². The Morgan fingerprint density at radius 3 is 2.69 bits per heavy atom. The number of carbonyl (C=O) groups excluding carboxylic acids is 1. The predicted molar refractivity (Wildman–Crippen MR) is 109 cm³/mol. The van der Waals surface area contributed by atoms with Crippen molar-refractivity contribution in [2.45, 2.75) is 71.3 Å². The van der Waals surface area contributed by atoms with Gasteiger partial charge in [0, 0.05) is 19.5 Å². The molecule has 0 aliphatic heterocycles. The Bertz CT molecular complexity index is 690. The van der Waals surface area contributed by atoms with E-state index in [1.54, 1.807) is 0 Å². The maximum atomic E-state index is 11.1. The number of hydrogen-bond donors (Lipinski definition) is 1. The number of benzene rings is 1. The third-order valence-electron chi connectivity index (χ3n) is 4.78. The van der Waals surface area contributed by atoms with Crippen LogP contribution in [-0.2, 0) is 17.8 Å². The van der Waals surface area contributed by atoms with Crippen molar-refractivity contribution in [1.82, 2.24) is 14.9 Å². The topological polar surface area (TPSA) is 46.9 Å². The van der Waals surface area contributed by atoms with Gasteiger partial charge in [0.15, 0.2) is 0 Å². The summed E-state index contributed by atoms with van der Waals surface area (Å²) in [5.41, 5.74) is 2.37. The third-order valence-corrected chi connectivity index (χ3v) is 4.78. The van der Waals surface area contributed by atoms with Crippen molar-refractivity contribution in [3.8, 4) is 0 Å². The van der Waals surface area contributed by atoms with Crippen LogP contribution < -0.4 is 5.32 Å². The number of amides is 1. The molecule has 26 heavy (non-hydrogen) atoms.